The van der Waals surface area contributed by atoms with E-state index < -0.39 is 0 Å². The fourth-order valence-corrected chi connectivity index (χ4v) is 2.74. The van der Waals surface area contributed by atoms with Crippen LogP contribution in [0.3, 0.4) is 0 Å². The summed E-state index contributed by atoms with van der Waals surface area (Å²) in [6.07, 6.45) is 1.95. The van der Waals surface area contributed by atoms with Crippen LogP contribution in [0.4, 0.5) is 0 Å². The minimum absolute atomic E-state index is 0.447. The van der Waals surface area contributed by atoms with Crippen LogP contribution in [0.2, 0.25) is 0 Å². The van der Waals surface area contributed by atoms with Crippen molar-refractivity contribution >= 4 is 11.0 Å². The van der Waals surface area contributed by atoms with Gasteiger partial charge in [-0.25, -0.2) is 9.97 Å². The number of aryl methyl sites for hydroxylation is 1. The molecule has 28 heavy (non-hydrogen) atoms. The molecule has 4 aromatic rings. The molecular weight excluding hydrogens is 346 g/mol. The van der Waals surface area contributed by atoms with Crippen LogP contribution < -0.4 is 4.74 Å². The van der Waals surface area contributed by atoms with E-state index >= 15 is 0 Å². The van der Waals surface area contributed by atoms with Gasteiger partial charge in [-0.05, 0) is 54.3 Å². The highest BCUT2D eigenvalue weighted by molar-refractivity contribution is 5.82. The monoisotopic (exact) mass is 363 g/mol. The van der Waals surface area contributed by atoms with Gasteiger partial charge >= 0.3 is 0 Å². The lowest BCUT2D eigenvalue weighted by Gasteiger charge is -1.99. The van der Waals surface area contributed by atoms with Gasteiger partial charge < -0.3 is 9.30 Å². The van der Waals surface area contributed by atoms with Gasteiger partial charge in [0.15, 0.2) is 0 Å². The van der Waals surface area contributed by atoms with Gasteiger partial charge in [0.2, 0.25) is 5.82 Å². The van der Waals surface area contributed by atoms with Gasteiger partial charge in [0.05, 0.1) is 12.5 Å². The van der Waals surface area contributed by atoms with Gasteiger partial charge in [0, 0.05) is 24.4 Å². The lowest BCUT2D eigenvalue weighted by Crippen LogP contribution is -1.97. The van der Waals surface area contributed by atoms with E-state index in [1.807, 2.05) is 78.5 Å². The minimum atomic E-state index is 0.447. The summed E-state index contributed by atoms with van der Waals surface area (Å²) in [6.45, 7) is 0. The molecule has 0 atom stereocenters. The Morgan fingerprint density at radius 3 is 2.25 bits per heavy atom. The molecular formula is C24H17N3O. The highest BCUT2D eigenvalue weighted by Gasteiger charge is 2.08. The maximum Gasteiger partial charge on any atom is 0.208 e. The predicted octanol–water partition coefficient (Wildman–Crippen LogP) is 3.78. The molecule has 4 heteroatoms. The van der Waals surface area contributed by atoms with Gasteiger partial charge in [-0.15, -0.1) is 0 Å². The molecule has 0 saturated carbocycles. The van der Waals surface area contributed by atoms with Gasteiger partial charge in [0.25, 0.3) is 0 Å². The van der Waals surface area contributed by atoms with Crippen molar-refractivity contribution in [1.29, 1.82) is 0 Å². The summed E-state index contributed by atoms with van der Waals surface area (Å²) in [6, 6.07) is 19.4. The summed E-state index contributed by atoms with van der Waals surface area (Å²) >= 11 is 0. The number of hydrogen-bond donors (Lipinski definition) is 0. The Morgan fingerprint density at radius 2 is 1.50 bits per heavy atom. The Morgan fingerprint density at radius 1 is 0.786 bits per heavy atom. The maximum atomic E-state index is 5.17. The molecule has 0 aliphatic carbocycles. The number of rotatable bonds is 1. The molecule has 134 valence electrons. The first-order chi connectivity index (χ1) is 13.7. The van der Waals surface area contributed by atoms with E-state index in [0.717, 1.165) is 27.9 Å². The standard InChI is InChI=1S/C24H17N3O/c1-27-17-16-21-22(14-10-18-6-4-3-5-7-18)25-23(26-24(21)27)15-11-19-8-12-20(28-2)13-9-19/h3-9,12-13,16-17H,1-2H3. The van der Waals surface area contributed by atoms with Crippen LogP contribution in [-0.4, -0.2) is 21.6 Å². The summed E-state index contributed by atoms with van der Waals surface area (Å²) in [5.74, 6) is 13.7. The van der Waals surface area contributed by atoms with E-state index in [1.54, 1.807) is 7.11 Å². The lowest BCUT2D eigenvalue weighted by atomic mass is 10.2. The summed E-state index contributed by atoms with van der Waals surface area (Å²) in [5.41, 5.74) is 3.30. The van der Waals surface area contributed by atoms with Crippen LogP contribution in [0.1, 0.15) is 22.6 Å². The van der Waals surface area contributed by atoms with Crippen LogP contribution in [-0.2, 0) is 7.05 Å². The molecule has 0 spiro atoms. The third-order valence-electron chi connectivity index (χ3n) is 4.23. The van der Waals surface area contributed by atoms with Gasteiger partial charge in [0.1, 0.15) is 17.1 Å². The zero-order valence-corrected chi connectivity index (χ0v) is 15.6. The average molecular weight is 363 g/mol. The second-order valence-corrected chi connectivity index (χ2v) is 6.15. The number of aromatic nitrogens is 3. The summed E-state index contributed by atoms with van der Waals surface area (Å²) in [7, 11) is 3.59. The van der Waals surface area contributed by atoms with Crippen molar-refractivity contribution in [2.45, 2.75) is 0 Å². The molecule has 0 bridgehead atoms. The molecule has 2 heterocycles. The quantitative estimate of drug-likeness (QED) is 0.483. The third-order valence-corrected chi connectivity index (χ3v) is 4.23. The maximum absolute atomic E-state index is 5.17. The van der Waals surface area contributed by atoms with Crippen LogP contribution in [0.5, 0.6) is 5.75 Å². The highest BCUT2D eigenvalue weighted by atomic mass is 16.5. The van der Waals surface area contributed by atoms with E-state index in [9.17, 15) is 0 Å². The molecule has 0 N–H and O–H groups in total. The number of ether oxygens (including phenoxy) is 1. The van der Waals surface area contributed by atoms with Gasteiger partial charge in [-0.3, -0.25) is 0 Å². The van der Waals surface area contributed by atoms with Crippen LogP contribution in [0, 0.1) is 23.7 Å². The first kappa shape index (κ1) is 17.4. The van der Waals surface area contributed by atoms with E-state index in [1.165, 1.54) is 0 Å². The first-order valence-corrected chi connectivity index (χ1v) is 8.79. The molecule has 0 fully saturated rings. The molecule has 0 saturated heterocycles. The molecule has 0 radical (unpaired) electrons. The summed E-state index contributed by atoms with van der Waals surface area (Å²) in [4.78, 5) is 9.17. The van der Waals surface area contributed by atoms with E-state index in [4.69, 9.17) is 4.74 Å². The van der Waals surface area contributed by atoms with Crippen molar-refractivity contribution in [3.63, 3.8) is 0 Å². The smallest absolute Gasteiger partial charge is 0.208 e. The number of methoxy groups -OCH3 is 1. The fourth-order valence-electron chi connectivity index (χ4n) is 2.74. The molecule has 0 amide bonds. The largest absolute Gasteiger partial charge is 0.497 e. The first-order valence-electron chi connectivity index (χ1n) is 8.79. The third kappa shape index (κ3) is 3.72. The second kappa shape index (κ2) is 7.70. The van der Waals surface area contributed by atoms with Crippen molar-refractivity contribution in [1.82, 2.24) is 14.5 Å². The van der Waals surface area contributed by atoms with Crippen molar-refractivity contribution in [3.8, 4) is 29.4 Å². The molecule has 0 aliphatic heterocycles. The molecule has 0 unspecified atom stereocenters. The van der Waals surface area contributed by atoms with Gasteiger partial charge in [-0.1, -0.05) is 30.0 Å². The zero-order valence-electron chi connectivity index (χ0n) is 15.6. The van der Waals surface area contributed by atoms with E-state index in [-0.39, 0.29) is 0 Å². The van der Waals surface area contributed by atoms with Crippen LogP contribution >= 0.6 is 0 Å². The average Bonchev–Trinajstić information content (AvgIpc) is 3.12. The zero-order chi connectivity index (χ0) is 19.3. The van der Waals surface area contributed by atoms with Gasteiger partial charge in [-0.2, -0.15) is 0 Å². The number of hydrogen-bond acceptors (Lipinski definition) is 3. The normalized spacial score (nSPS) is 9.93. The number of fused-ring (bicyclic) bond motifs is 1. The van der Waals surface area contributed by atoms with Crippen LogP contribution in [0.25, 0.3) is 11.0 Å². The SMILES string of the molecule is COc1ccc(C#Cc2nc(C#Cc3ccccc3)c3ccn(C)c3n2)cc1. The summed E-state index contributed by atoms with van der Waals surface area (Å²) < 4.78 is 7.12. The fraction of sp³-hybridized carbons (Fsp3) is 0.0833. The molecule has 0 aliphatic rings. The number of benzene rings is 2. The Balaban J connectivity index is 1.75. The van der Waals surface area contributed by atoms with Crippen LogP contribution in [0.15, 0.2) is 66.9 Å². The Labute approximate surface area is 163 Å². The van der Waals surface area contributed by atoms with Crippen molar-refractivity contribution in [3.05, 3.63) is 89.5 Å². The van der Waals surface area contributed by atoms with E-state index in [0.29, 0.717) is 11.5 Å². The molecule has 4 nitrogen and oxygen atoms in total. The second-order valence-electron chi connectivity index (χ2n) is 6.15. The van der Waals surface area contributed by atoms with Crippen molar-refractivity contribution < 1.29 is 4.74 Å². The Hall–Kier alpha value is -4.02. The molecule has 2 aromatic carbocycles. The molecule has 2 aromatic heterocycles. The minimum Gasteiger partial charge on any atom is -0.497 e. The predicted molar refractivity (Wildman–Crippen MR) is 110 cm³/mol. The topological polar surface area (TPSA) is 39.9 Å². The highest BCUT2D eigenvalue weighted by Crippen LogP contribution is 2.16. The Bertz CT molecular complexity index is 1250. The Kier molecular flexibility index (Phi) is 4.78. The molecule has 4 rings (SSSR count). The van der Waals surface area contributed by atoms with Crippen molar-refractivity contribution in [2.24, 2.45) is 7.05 Å². The summed E-state index contributed by atoms with van der Waals surface area (Å²) in [5, 5.41) is 0.918. The lowest BCUT2D eigenvalue weighted by molar-refractivity contribution is 0.415. The van der Waals surface area contributed by atoms with Crippen molar-refractivity contribution in [2.75, 3.05) is 7.11 Å². The number of nitrogens with zero attached hydrogens (tertiary/aromatic N) is 3. The van der Waals surface area contributed by atoms with E-state index in [2.05, 4.69) is 33.6 Å².